The van der Waals surface area contributed by atoms with Gasteiger partial charge in [-0.15, -0.1) is 0 Å². The molecule has 0 aliphatic heterocycles. The Kier molecular flexibility index (Phi) is 4.79. The van der Waals surface area contributed by atoms with Gasteiger partial charge in [0, 0.05) is 10.9 Å². The van der Waals surface area contributed by atoms with Crippen LogP contribution in [0.15, 0.2) is 22.7 Å². The molecule has 100 valence electrons. The van der Waals surface area contributed by atoms with Gasteiger partial charge in [-0.05, 0) is 42.4 Å². The zero-order chi connectivity index (χ0) is 13.1. The molecule has 0 aromatic heterocycles. The number of hydrogen-bond donors (Lipinski definition) is 1. The van der Waals surface area contributed by atoms with E-state index < -0.39 is 6.10 Å². The van der Waals surface area contributed by atoms with Gasteiger partial charge in [-0.25, -0.2) is 4.39 Å². The van der Waals surface area contributed by atoms with Crippen LogP contribution in [0.2, 0.25) is 0 Å². The van der Waals surface area contributed by atoms with E-state index in [1.807, 2.05) is 6.07 Å². The van der Waals surface area contributed by atoms with E-state index in [1.165, 1.54) is 18.9 Å². The van der Waals surface area contributed by atoms with Gasteiger partial charge in [-0.1, -0.05) is 41.8 Å². The van der Waals surface area contributed by atoms with Crippen LogP contribution in [0.4, 0.5) is 4.39 Å². The Labute approximate surface area is 117 Å². The Morgan fingerprint density at radius 1 is 1.33 bits per heavy atom. The summed E-state index contributed by atoms with van der Waals surface area (Å²) in [5.41, 5.74) is 0.615. The minimum atomic E-state index is -0.409. The van der Waals surface area contributed by atoms with Gasteiger partial charge in [-0.2, -0.15) is 0 Å². The molecule has 1 aliphatic rings. The summed E-state index contributed by atoms with van der Waals surface area (Å²) in [6, 6.07) is 5.05. The van der Waals surface area contributed by atoms with Crippen LogP contribution in [-0.2, 0) is 6.42 Å². The van der Waals surface area contributed by atoms with Crippen molar-refractivity contribution in [3.05, 3.63) is 34.1 Å². The molecule has 1 fully saturated rings. The van der Waals surface area contributed by atoms with Crippen molar-refractivity contribution in [1.82, 2.24) is 0 Å². The van der Waals surface area contributed by atoms with E-state index in [-0.39, 0.29) is 5.82 Å². The molecular formula is C15H20BrFO. The van der Waals surface area contributed by atoms with Crippen molar-refractivity contribution in [2.24, 2.45) is 11.8 Å². The Balaban J connectivity index is 1.96. The lowest BCUT2D eigenvalue weighted by atomic mass is 9.79. The number of benzene rings is 1. The molecule has 2 rings (SSSR count). The largest absolute Gasteiger partial charge is 0.392 e. The number of halogens is 2. The van der Waals surface area contributed by atoms with Crippen molar-refractivity contribution in [1.29, 1.82) is 0 Å². The van der Waals surface area contributed by atoms with Crippen LogP contribution in [0.3, 0.4) is 0 Å². The first-order valence-corrected chi connectivity index (χ1v) is 7.47. The highest BCUT2D eigenvalue weighted by Gasteiger charge is 2.25. The smallest absolute Gasteiger partial charge is 0.127 e. The number of rotatable bonds is 3. The summed E-state index contributed by atoms with van der Waals surface area (Å²) in [4.78, 5) is 0. The maximum Gasteiger partial charge on any atom is 0.127 e. The third-order valence-corrected chi connectivity index (χ3v) is 4.54. The Morgan fingerprint density at radius 3 is 2.61 bits per heavy atom. The molecule has 1 aliphatic carbocycles. The summed E-state index contributed by atoms with van der Waals surface area (Å²) in [7, 11) is 0. The lowest BCUT2D eigenvalue weighted by Crippen LogP contribution is -2.27. The SMILES string of the molecule is CC1CCC(C(O)Cc2ccc(Br)cc2F)CC1. The standard InChI is InChI=1S/C15H20BrFO/c1-10-2-4-11(5-3-10)15(18)8-12-6-7-13(16)9-14(12)17/h6-7,9-11,15,18H,2-5,8H2,1H3. The van der Waals surface area contributed by atoms with E-state index in [9.17, 15) is 9.50 Å². The van der Waals surface area contributed by atoms with Gasteiger partial charge in [0.15, 0.2) is 0 Å². The molecule has 0 radical (unpaired) electrons. The summed E-state index contributed by atoms with van der Waals surface area (Å²) < 4.78 is 14.4. The number of aliphatic hydroxyl groups is 1. The van der Waals surface area contributed by atoms with Gasteiger partial charge in [-0.3, -0.25) is 0 Å². The highest BCUT2D eigenvalue weighted by atomic mass is 79.9. The molecule has 0 spiro atoms. The van der Waals surface area contributed by atoms with Crippen LogP contribution in [0.5, 0.6) is 0 Å². The summed E-state index contributed by atoms with van der Waals surface area (Å²) >= 11 is 3.24. The van der Waals surface area contributed by atoms with E-state index in [0.717, 1.165) is 23.2 Å². The first kappa shape index (κ1) is 14.0. The fourth-order valence-electron chi connectivity index (χ4n) is 2.75. The van der Waals surface area contributed by atoms with Gasteiger partial charge < -0.3 is 5.11 Å². The van der Waals surface area contributed by atoms with Crippen LogP contribution in [0.25, 0.3) is 0 Å². The maximum atomic E-state index is 13.7. The Morgan fingerprint density at radius 2 is 2.00 bits per heavy atom. The van der Waals surface area contributed by atoms with Gasteiger partial charge in [0.05, 0.1) is 6.10 Å². The van der Waals surface area contributed by atoms with Crippen molar-refractivity contribution < 1.29 is 9.50 Å². The van der Waals surface area contributed by atoms with Gasteiger partial charge in [0.25, 0.3) is 0 Å². The fraction of sp³-hybridized carbons (Fsp3) is 0.600. The minimum Gasteiger partial charge on any atom is -0.392 e. The van der Waals surface area contributed by atoms with Crippen LogP contribution in [-0.4, -0.2) is 11.2 Å². The first-order chi connectivity index (χ1) is 8.56. The van der Waals surface area contributed by atoms with Crippen molar-refractivity contribution in [3.8, 4) is 0 Å². The summed E-state index contributed by atoms with van der Waals surface area (Å²) in [5, 5.41) is 10.2. The van der Waals surface area contributed by atoms with Gasteiger partial charge in [0.2, 0.25) is 0 Å². The lowest BCUT2D eigenvalue weighted by Gasteiger charge is -2.30. The minimum absolute atomic E-state index is 0.229. The molecule has 1 N–H and O–H groups in total. The van der Waals surface area contributed by atoms with Gasteiger partial charge in [0.1, 0.15) is 5.82 Å². The van der Waals surface area contributed by atoms with E-state index in [2.05, 4.69) is 22.9 Å². The summed E-state index contributed by atoms with van der Waals surface area (Å²) in [6.45, 7) is 2.26. The van der Waals surface area contributed by atoms with Crippen molar-refractivity contribution in [2.75, 3.05) is 0 Å². The second-order valence-electron chi connectivity index (χ2n) is 5.53. The van der Waals surface area contributed by atoms with E-state index in [1.54, 1.807) is 6.07 Å². The molecule has 1 aromatic rings. The molecule has 18 heavy (non-hydrogen) atoms. The lowest BCUT2D eigenvalue weighted by molar-refractivity contribution is 0.0754. The molecule has 1 unspecified atom stereocenters. The zero-order valence-electron chi connectivity index (χ0n) is 10.7. The highest BCUT2D eigenvalue weighted by Crippen LogP contribution is 2.31. The Bertz CT molecular complexity index is 399. The average molecular weight is 315 g/mol. The maximum absolute atomic E-state index is 13.7. The average Bonchev–Trinajstić information content (AvgIpc) is 2.33. The second kappa shape index (κ2) is 6.16. The quantitative estimate of drug-likeness (QED) is 0.881. The monoisotopic (exact) mass is 314 g/mol. The third kappa shape index (κ3) is 3.55. The first-order valence-electron chi connectivity index (χ1n) is 6.68. The Hall–Kier alpha value is -0.410. The van der Waals surface area contributed by atoms with Crippen LogP contribution in [0, 0.1) is 17.7 Å². The molecule has 3 heteroatoms. The van der Waals surface area contributed by atoms with Crippen molar-refractivity contribution >= 4 is 15.9 Å². The predicted octanol–water partition coefficient (Wildman–Crippen LogP) is 4.32. The van der Waals surface area contributed by atoms with Gasteiger partial charge >= 0.3 is 0 Å². The molecule has 1 atom stereocenters. The number of hydrogen-bond acceptors (Lipinski definition) is 1. The summed E-state index contributed by atoms with van der Waals surface area (Å²) in [5.74, 6) is 0.884. The second-order valence-corrected chi connectivity index (χ2v) is 6.44. The molecular weight excluding hydrogens is 295 g/mol. The molecule has 0 bridgehead atoms. The normalized spacial score (nSPS) is 26.0. The van der Waals surface area contributed by atoms with E-state index in [0.29, 0.717) is 17.9 Å². The summed E-state index contributed by atoms with van der Waals surface area (Å²) in [6.07, 6.45) is 4.53. The highest BCUT2D eigenvalue weighted by molar-refractivity contribution is 9.10. The van der Waals surface area contributed by atoms with Crippen LogP contribution >= 0.6 is 15.9 Å². The molecule has 1 saturated carbocycles. The molecule has 1 aromatic carbocycles. The van der Waals surface area contributed by atoms with Crippen LogP contribution < -0.4 is 0 Å². The fourth-order valence-corrected chi connectivity index (χ4v) is 3.08. The zero-order valence-corrected chi connectivity index (χ0v) is 12.3. The molecule has 0 heterocycles. The molecule has 1 nitrogen and oxygen atoms in total. The predicted molar refractivity (Wildman–Crippen MR) is 74.9 cm³/mol. The molecule has 0 saturated heterocycles. The van der Waals surface area contributed by atoms with E-state index >= 15 is 0 Å². The van der Waals surface area contributed by atoms with Crippen molar-refractivity contribution in [2.45, 2.75) is 45.1 Å². The third-order valence-electron chi connectivity index (χ3n) is 4.05. The topological polar surface area (TPSA) is 20.2 Å². The molecule has 0 amide bonds. The van der Waals surface area contributed by atoms with Crippen molar-refractivity contribution in [3.63, 3.8) is 0 Å². The number of aliphatic hydroxyl groups excluding tert-OH is 1. The van der Waals surface area contributed by atoms with E-state index in [4.69, 9.17) is 0 Å². The van der Waals surface area contributed by atoms with Crippen LogP contribution in [0.1, 0.15) is 38.2 Å².